The van der Waals surface area contributed by atoms with Gasteiger partial charge in [0.15, 0.2) is 11.5 Å². The molecule has 0 atom stereocenters. The zero-order chi connectivity index (χ0) is 19.3. The molecule has 1 aliphatic rings. The number of fused-ring (bicyclic) bond motifs is 1. The Morgan fingerprint density at radius 3 is 2.46 bits per heavy atom. The number of nitrogens with one attached hydrogen (secondary N) is 1. The summed E-state index contributed by atoms with van der Waals surface area (Å²) in [6.07, 6.45) is 1.66. The number of ether oxygens (including phenoxy) is 2. The SMILES string of the molecule is CCN(C(=O)c1ccc(Nc2ccc3c(c2)OCCO3)cn1)c1ccccc1. The summed E-state index contributed by atoms with van der Waals surface area (Å²) in [5, 5.41) is 3.27. The molecule has 0 aliphatic carbocycles. The highest BCUT2D eigenvalue weighted by Gasteiger charge is 2.17. The fraction of sp³-hybridized carbons (Fsp3) is 0.182. The molecule has 4 rings (SSSR count). The second kappa shape index (κ2) is 8.00. The van der Waals surface area contributed by atoms with E-state index in [1.54, 1.807) is 17.2 Å². The first kappa shape index (κ1) is 17.9. The van der Waals surface area contributed by atoms with Crippen molar-refractivity contribution in [2.24, 2.45) is 0 Å². The molecule has 0 saturated heterocycles. The zero-order valence-corrected chi connectivity index (χ0v) is 15.6. The fourth-order valence-corrected chi connectivity index (χ4v) is 3.07. The Labute approximate surface area is 163 Å². The van der Waals surface area contributed by atoms with E-state index in [2.05, 4.69) is 10.3 Å². The van der Waals surface area contributed by atoms with Crippen molar-refractivity contribution in [3.63, 3.8) is 0 Å². The van der Waals surface area contributed by atoms with E-state index in [4.69, 9.17) is 9.47 Å². The molecule has 3 aromatic rings. The molecule has 1 aliphatic heterocycles. The lowest BCUT2D eigenvalue weighted by Crippen LogP contribution is -2.31. The van der Waals surface area contributed by atoms with Crippen molar-refractivity contribution in [2.45, 2.75) is 6.92 Å². The second-order valence-electron chi connectivity index (χ2n) is 6.30. The van der Waals surface area contributed by atoms with Gasteiger partial charge >= 0.3 is 0 Å². The van der Waals surface area contributed by atoms with Gasteiger partial charge in [0.2, 0.25) is 0 Å². The molecular weight excluding hydrogens is 354 g/mol. The molecule has 0 spiro atoms. The lowest BCUT2D eigenvalue weighted by Gasteiger charge is -2.21. The summed E-state index contributed by atoms with van der Waals surface area (Å²) in [4.78, 5) is 18.9. The van der Waals surface area contributed by atoms with E-state index in [9.17, 15) is 4.79 Å². The predicted molar refractivity (Wildman–Crippen MR) is 109 cm³/mol. The normalized spacial score (nSPS) is 12.3. The molecule has 142 valence electrons. The van der Waals surface area contributed by atoms with E-state index in [1.165, 1.54) is 0 Å². The Hall–Kier alpha value is -3.54. The summed E-state index contributed by atoms with van der Waals surface area (Å²) in [5.74, 6) is 1.34. The monoisotopic (exact) mass is 375 g/mol. The minimum atomic E-state index is -0.125. The predicted octanol–water partition coefficient (Wildman–Crippen LogP) is 4.26. The van der Waals surface area contributed by atoms with Gasteiger partial charge in [-0.05, 0) is 43.3 Å². The van der Waals surface area contributed by atoms with Gasteiger partial charge in [-0.2, -0.15) is 0 Å². The summed E-state index contributed by atoms with van der Waals surface area (Å²) in [6, 6.07) is 18.8. The first-order valence-electron chi connectivity index (χ1n) is 9.24. The standard InChI is InChI=1S/C22H21N3O3/c1-2-25(18-6-4-3-5-7-18)22(26)19-10-8-17(15-23-19)24-16-9-11-20-21(14-16)28-13-12-27-20/h3-11,14-15,24H,2,12-13H2,1H3. The highest BCUT2D eigenvalue weighted by molar-refractivity contribution is 6.04. The summed E-state index contributed by atoms with van der Waals surface area (Å²) < 4.78 is 11.1. The van der Waals surface area contributed by atoms with Crippen molar-refractivity contribution in [3.05, 3.63) is 72.6 Å². The van der Waals surface area contributed by atoms with Crippen LogP contribution >= 0.6 is 0 Å². The van der Waals surface area contributed by atoms with E-state index in [1.807, 2.05) is 61.5 Å². The van der Waals surface area contributed by atoms with E-state index in [0.29, 0.717) is 25.5 Å². The van der Waals surface area contributed by atoms with Gasteiger partial charge in [-0.25, -0.2) is 4.98 Å². The Kier molecular flexibility index (Phi) is 5.10. The number of hydrogen-bond donors (Lipinski definition) is 1. The number of carbonyl (C=O) groups excluding carboxylic acids is 1. The Bertz CT molecular complexity index is 959. The van der Waals surface area contributed by atoms with Crippen molar-refractivity contribution in [2.75, 3.05) is 30.0 Å². The first-order chi connectivity index (χ1) is 13.7. The minimum absolute atomic E-state index is 0.125. The van der Waals surface area contributed by atoms with Crippen LogP contribution < -0.4 is 19.7 Å². The van der Waals surface area contributed by atoms with Crippen LogP contribution in [0.25, 0.3) is 0 Å². The van der Waals surface area contributed by atoms with Crippen LogP contribution in [0.2, 0.25) is 0 Å². The van der Waals surface area contributed by atoms with Gasteiger partial charge in [-0.15, -0.1) is 0 Å². The van der Waals surface area contributed by atoms with E-state index in [0.717, 1.165) is 28.6 Å². The highest BCUT2D eigenvalue weighted by atomic mass is 16.6. The number of para-hydroxylation sites is 1. The minimum Gasteiger partial charge on any atom is -0.486 e. The van der Waals surface area contributed by atoms with Crippen LogP contribution in [0.4, 0.5) is 17.1 Å². The van der Waals surface area contributed by atoms with Crippen LogP contribution in [0.3, 0.4) is 0 Å². The van der Waals surface area contributed by atoms with E-state index >= 15 is 0 Å². The molecule has 6 nitrogen and oxygen atoms in total. The number of nitrogens with zero attached hydrogens (tertiary/aromatic N) is 2. The summed E-state index contributed by atoms with van der Waals surface area (Å²) >= 11 is 0. The van der Waals surface area contributed by atoms with Gasteiger partial charge in [-0.1, -0.05) is 18.2 Å². The van der Waals surface area contributed by atoms with Gasteiger partial charge < -0.3 is 19.7 Å². The highest BCUT2D eigenvalue weighted by Crippen LogP contribution is 2.33. The number of pyridine rings is 1. The van der Waals surface area contributed by atoms with Crippen LogP contribution in [0.15, 0.2) is 66.9 Å². The molecule has 0 bridgehead atoms. The van der Waals surface area contributed by atoms with Crippen LogP contribution in [-0.4, -0.2) is 30.6 Å². The lowest BCUT2D eigenvalue weighted by atomic mass is 10.2. The quantitative estimate of drug-likeness (QED) is 0.722. The van der Waals surface area contributed by atoms with Crippen LogP contribution in [-0.2, 0) is 0 Å². The summed E-state index contributed by atoms with van der Waals surface area (Å²) in [5.41, 5.74) is 2.91. The molecule has 6 heteroatoms. The van der Waals surface area contributed by atoms with Crippen molar-refractivity contribution in [1.29, 1.82) is 0 Å². The van der Waals surface area contributed by atoms with Crippen LogP contribution in [0, 0.1) is 0 Å². The largest absolute Gasteiger partial charge is 0.486 e. The van der Waals surface area contributed by atoms with Gasteiger partial charge in [0, 0.05) is 24.0 Å². The maximum Gasteiger partial charge on any atom is 0.276 e. The third-order valence-corrected chi connectivity index (χ3v) is 4.44. The third kappa shape index (κ3) is 3.76. The molecule has 1 N–H and O–H groups in total. The number of rotatable bonds is 5. The van der Waals surface area contributed by atoms with Gasteiger partial charge in [0.05, 0.1) is 11.9 Å². The molecule has 0 unspecified atom stereocenters. The number of anilines is 3. The molecular formula is C22H21N3O3. The van der Waals surface area contributed by atoms with Gasteiger partial charge in [-0.3, -0.25) is 4.79 Å². The van der Waals surface area contributed by atoms with Crippen molar-refractivity contribution in [1.82, 2.24) is 4.98 Å². The van der Waals surface area contributed by atoms with Gasteiger partial charge in [0.25, 0.3) is 5.91 Å². The van der Waals surface area contributed by atoms with Crippen LogP contribution in [0.5, 0.6) is 11.5 Å². The van der Waals surface area contributed by atoms with Crippen LogP contribution in [0.1, 0.15) is 17.4 Å². The maximum absolute atomic E-state index is 12.8. The molecule has 2 aromatic carbocycles. The molecule has 1 aromatic heterocycles. The lowest BCUT2D eigenvalue weighted by molar-refractivity contribution is 0.0983. The van der Waals surface area contributed by atoms with E-state index in [-0.39, 0.29) is 5.91 Å². The van der Waals surface area contributed by atoms with Crippen molar-refractivity contribution >= 4 is 23.0 Å². The Balaban J connectivity index is 1.48. The Morgan fingerprint density at radius 1 is 1.00 bits per heavy atom. The van der Waals surface area contributed by atoms with Crippen molar-refractivity contribution < 1.29 is 14.3 Å². The number of carbonyl (C=O) groups is 1. The Morgan fingerprint density at radius 2 is 1.75 bits per heavy atom. The number of aromatic nitrogens is 1. The maximum atomic E-state index is 12.8. The average Bonchev–Trinajstić information content (AvgIpc) is 2.75. The smallest absolute Gasteiger partial charge is 0.276 e. The van der Waals surface area contributed by atoms with Crippen molar-refractivity contribution in [3.8, 4) is 11.5 Å². The average molecular weight is 375 g/mol. The van der Waals surface area contributed by atoms with Gasteiger partial charge in [0.1, 0.15) is 18.9 Å². The summed E-state index contributed by atoms with van der Waals surface area (Å²) in [6.45, 7) is 3.63. The molecule has 0 radical (unpaired) electrons. The molecule has 0 saturated carbocycles. The topological polar surface area (TPSA) is 63.7 Å². The third-order valence-electron chi connectivity index (χ3n) is 4.44. The number of hydrogen-bond acceptors (Lipinski definition) is 5. The number of amides is 1. The second-order valence-corrected chi connectivity index (χ2v) is 6.30. The fourth-order valence-electron chi connectivity index (χ4n) is 3.07. The van der Waals surface area contributed by atoms with E-state index < -0.39 is 0 Å². The first-order valence-corrected chi connectivity index (χ1v) is 9.24. The summed E-state index contributed by atoms with van der Waals surface area (Å²) in [7, 11) is 0. The number of benzene rings is 2. The molecule has 28 heavy (non-hydrogen) atoms. The molecule has 0 fully saturated rings. The molecule has 2 heterocycles. The zero-order valence-electron chi connectivity index (χ0n) is 15.6. The molecule has 1 amide bonds.